The number of carbonyl (C=O) groups excluding carboxylic acids is 1. The largest absolute Gasteiger partial charge is 0.495 e. The highest BCUT2D eigenvalue weighted by Crippen LogP contribution is 2.28. The summed E-state index contributed by atoms with van der Waals surface area (Å²) in [5, 5.41) is 0. The van der Waals surface area contributed by atoms with Crippen molar-refractivity contribution in [3.05, 3.63) is 42.2 Å². The Morgan fingerprint density at radius 1 is 0.966 bits per heavy atom. The summed E-state index contributed by atoms with van der Waals surface area (Å²) in [7, 11) is 1.70. The third-order valence-corrected chi connectivity index (χ3v) is 5.94. The Morgan fingerprint density at radius 3 is 2.24 bits per heavy atom. The summed E-state index contributed by atoms with van der Waals surface area (Å²) < 4.78 is 5.49. The number of benzene rings is 1. The molecule has 1 aromatic carbocycles. The summed E-state index contributed by atoms with van der Waals surface area (Å²) in [6.45, 7) is 7.30. The van der Waals surface area contributed by atoms with E-state index in [1.54, 1.807) is 19.5 Å². The first-order valence-corrected chi connectivity index (χ1v) is 10.4. The number of piperazine rings is 1. The molecule has 154 valence electrons. The lowest BCUT2D eigenvalue weighted by Gasteiger charge is -2.36. The molecule has 0 bridgehead atoms. The van der Waals surface area contributed by atoms with Gasteiger partial charge in [0.05, 0.1) is 18.4 Å². The van der Waals surface area contributed by atoms with Gasteiger partial charge in [0.2, 0.25) is 5.95 Å². The zero-order valence-electron chi connectivity index (χ0n) is 17.3. The van der Waals surface area contributed by atoms with Gasteiger partial charge in [-0.15, -0.1) is 0 Å². The summed E-state index contributed by atoms with van der Waals surface area (Å²) in [6.07, 6.45) is 5.49. The average molecular weight is 396 g/mol. The zero-order chi connectivity index (χ0) is 20.2. The van der Waals surface area contributed by atoms with Crippen LogP contribution in [0.4, 0.5) is 11.6 Å². The number of carbonyl (C=O) groups is 1. The van der Waals surface area contributed by atoms with Gasteiger partial charge in [0, 0.05) is 51.7 Å². The van der Waals surface area contributed by atoms with Crippen LogP contribution in [0.2, 0.25) is 0 Å². The maximum Gasteiger partial charge on any atom is 0.256 e. The van der Waals surface area contributed by atoms with Crippen LogP contribution < -0.4 is 14.5 Å². The molecule has 7 heteroatoms. The Kier molecular flexibility index (Phi) is 5.83. The Morgan fingerprint density at radius 2 is 1.59 bits per heavy atom. The first-order chi connectivity index (χ1) is 14.2. The van der Waals surface area contributed by atoms with Crippen molar-refractivity contribution in [1.29, 1.82) is 0 Å². The predicted octanol–water partition coefficient (Wildman–Crippen LogP) is 2.68. The van der Waals surface area contributed by atoms with Gasteiger partial charge in [-0.05, 0) is 30.9 Å². The molecular formula is C22H29N5O2. The lowest BCUT2D eigenvalue weighted by molar-refractivity contribution is 0.0696. The molecule has 7 nitrogen and oxygen atoms in total. The van der Waals surface area contributed by atoms with Crippen molar-refractivity contribution in [3.63, 3.8) is 0 Å². The molecule has 0 aliphatic carbocycles. The maximum atomic E-state index is 12.7. The second-order valence-electron chi connectivity index (χ2n) is 7.89. The first-order valence-electron chi connectivity index (χ1n) is 10.4. The van der Waals surface area contributed by atoms with Crippen LogP contribution >= 0.6 is 0 Å². The molecule has 0 saturated carbocycles. The van der Waals surface area contributed by atoms with Crippen molar-refractivity contribution in [3.8, 4) is 5.75 Å². The minimum Gasteiger partial charge on any atom is -0.495 e. The molecule has 4 rings (SSSR count). The van der Waals surface area contributed by atoms with Gasteiger partial charge in [0.25, 0.3) is 5.91 Å². The van der Waals surface area contributed by atoms with Crippen LogP contribution in [0.25, 0.3) is 0 Å². The second kappa shape index (κ2) is 8.68. The summed E-state index contributed by atoms with van der Waals surface area (Å²) in [4.78, 5) is 28.1. The summed E-state index contributed by atoms with van der Waals surface area (Å²) in [5.41, 5.74) is 1.70. The second-order valence-corrected chi connectivity index (χ2v) is 7.89. The molecule has 1 amide bonds. The van der Waals surface area contributed by atoms with E-state index in [0.717, 1.165) is 63.5 Å². The molecule has 2 saturated heterocycles. The summed E-state index contributed by atoms with van der Waals surface area (Å²) in [6, 6.07) is 8.10. The van der Waals surface area contributed by atoms with E-state index in [0.29, 0.717) is 17.4 Å². The van der Waals surface area contributed by atoms with Gasteiger partial charge >= 0.3 is 0 Å². The van der Waals surface area contributed by atoms with Crippen LogP contribution in [0.15, 0.2) is 36.7 Å². The van der Waals surface area contributed by atoms with Crippen molar-refractivity contribution in [1.82, 2.24) is 14.9 Å². The van der Waals surface area contributed by atoms with Gasteiger partial charge < -0.3 is 19.4 Å². The van der Waals surface area contributed by atoms with Gasteiger partial charge in [0.15, 0.2) is 0 Å². The molecule has 1 aromatic heterocycles. The lowest BCUT2D eigenvalue weighted by atomic mass is 9.99. The van der Waals surface area contributed by atoms with Crippen molar-refractivity contribution >= 4 is 17.5 Å². The van der Waals surface area contributed by atoms with Gasteiger partial charge in [-0.3, -0.25) is 4.79 Å². The highest BCUT2D eigenvalue weighted by atomic mass is 16.5. The lowest BCUT2D eigenvalue weighted by Crippen LogP contribution is -2.47. The van der Waals surface area contributed by atoms with E-state index in [1.165, 1.54) is 0 Å². The molecular weight excluding hydrogens is 366 g/mol. The number of para-hydroxylation sites is 2. The molecule has 2 aromatic rings. The summed E-state index contributed by atoms with van der Waals surface area (Å²) >= 11 is 0. The van der Waals surface area contributed by atoms with Crippen molar-refractivity contribution < 1.29 is 9.53 Å². The van der Waals surface area contributed by atoms with Crippen LogP contribution in [0.1, 0.15) is 30.1 Å². The Labute approximate surface area is 172 Å². The van der Waals surface area contributed by atoms with E-state index >= 15 is 0 Å². The molecule has 0 atom stereocenters. The van der Waals surface area contributed by atoms with Gasteiger partial charge in [-0.1, -0.05) is 19.1 Å². The number of likely N-dealkylation sites (tertiary alicyclic amines) is 1. The van der Waals surface area contributed by atoms with E-state index in [-0.39, 0.29) is 5.91 Å². The van der Waals surface area contributed by atoms with Crippen LogP contribution in [0, 0.1) is 5.92 Å². The Hall–Kier alpha value is -2.83. The van der Waals surface area contributed by atoms with Crippen molar-refractivity contribution in [2.24, 2.45) is 5.92 Å². The van der Waals surface area contributed by atoms with E-state index in [9.17, 15) is 4.79 Å². The molecule has 2 aliphatic rings. The average Bonchev–Trinajstić information content (AvgIpc) is 2.79. The molecule has 0 unspecified atom stereocenters. The standard InChI is InChI=1S/C22H29N5O2/c1-17-7-9-26(10-8-17)21(28)18-15-23-22(24-16-18)27-13-11-25(12-14-27)19-5-3-4-6-20(19)29-2/h3-6,15-17H,7-14H2,1-2H3. The van der Waals surface area contributed by atoms with E-state index in [4.69, 9.17) is 4.74 Å². The van der Waals surface area contributed by atoms with E-state index in [1.807, 2.05) is 23.1 Å². The fraction of sp³-hybridized carbons (Fsp3) is 0.500. The normalized spacial score (nSPS) is 18.1. The number of anilines is 2. The minimum atomic E-state index is 0.0458. The molecule has 29 heavy (non-hydrogen) atoms. The number of aromatic nitrogens is 2. The number of hydrogen-bond acceptors (Lipinski definition) is 6. The Balaban J connectivity index is 1.36. The molecule has 2 fully saturated rings. The van der Waals surface area contributed by atoms with Crippen LogP contribution in [-0.4, -0.2) is 67.2 Å². The number of methoxy groups -OCH3 is 1. The number of rotatable bonds is 4. The Bertz CT molecular complexity index is 825. The number of ether oxygens (including phenoxy) is 1. The molecule has 0 spiro atoms. The first kappa shape index (κ1) is 19.5. The SMILES string of the molecule is COc1ccccc1N1CCN(c2ncc(C(=O)N3CCC(C)CC3)cn2)CC1. The van der Waals surface area contributed by atoms with Gasteiger partial charge in [-0.25, -0.2) is 9.97 Å². The van der Waals surface area contributed by atoms with Gasteiger partial charge in [0.1, 0.15) is 5.75 Å². The third kappa shape index (κ3) is 4.28. The summed E-state index contributed by atoms with van der Waals surface area (Å²) in [5.74, 6) is 2.33. The van der Waals surface area contributed by atoms with Crippen LogP contribution in [0.5, 0.6) is 5.75 Å². The highest BCUT2D eigenvalue weighted by Gasteiger charge is 2.24. The number of amides is 1. The smallest absolute Gasteiger partial charge is 0.256 e. The van der Waals surface area contributed by atoms with Gasteiger partial charge in [-0.2, -0.15) is 0 Å². The quantitative estimate of drug-likeness (QED) is 0.793. The van der Waals surface area contributed by atoms with Crippen molar-refractivity contribution in [2.75, 3.05) is 56.2 Å². The van der Waals surface area contributed by atoms with Crippen LogP contribution in [0.3, 0.4) is 0 Å². The topological polar surface area (TPSA) is 61.8 Å². The number of nitrogens with zero attached hydrogens (tertiary/aromatic N) is 5. The predicted molar refractivity (Wildman–Crippen MR) is 114 cm³/mol. The zero-order valence-corrected chi connectivity index (χ0v) is 17.3. The van der Waals surface area contributed by atoms with E-state index in [2.05, 4.69) is 32.8 Å². The fourth-order valence-electron chi connectivity index (χ4n) is 4.03. The fourth-order valence-corrected chi connectivity index (χ4v) is 4.03. The van der Waals surface area contributed by atoms with E-state index < -0.39 is 0 Å². The van der Waals surface area contributed by atoms with Crippen LogP contribution in [-0.2, 0) is 0 Å². The molecule has 0 N–H and O–H groups in total. The third-order valence-electron chi connectivity index (χ3n) is 5.94. The monoisotopic (exact) mass is 395 g/mol. The number of hydrogen-bond donors (Lipinski definition) is 0. The minimum absolute atomic E-state index is 0.0458. The highest BCUT2D eigenvalue weighted by molar-refractivity contribution is 5.93. The molecule has 3 heterocycles. The molecule has 0 radical (unpaired) electrons. The van der Waals surface area contributed by atoms with Crippen molar-refractivity contribution in [2.45, 2.75) is 19.8 Å². The maximum absolute atomic E-state index is 12.7. The molecule has 2 aliphatic heterocycles. The number of piperidine rings is 1.